The van der Waals surface area contributed by atoms with E-state index in [1.807, 2.05) is 19.2 Å². The average molecular weight is 256 g/mol. The lowest BCUT2D eigenvalue weighted by molar-refractivity contribution is 0.818. The maximum atomic E-state index is 4.27. The molecule has 2 rings (SSSR count). The van der Waals surface area contributed by atoms with Crippen molar-refractivity contribution in [1.82, 2.24) is 15.5 Å². The fourth-order valence-corrected chi connectivity index (χ4v) is 1.80. The van der Waals surface area contributed by atoms with E-state index < -0.39 is 0 Å². The number of aromatic nitrogens is 2. The van der Waals surface area contributed by atoms with Gasteiger partial charge in [-0.05, 0) is 50.2 Å². The normalized spacial score (nSPS) is 10.5. The van der Waals surface area contributed by atoms with Crippen LogP contribution >= 0.6 is 0 Å². The Morgan fingerprint density at radius 2 is 1.79 bits per heavy atom. The Labute approximate surface area is 114 Å². The van der Waals surface area contributed by atoms with E-state index in [1.54, 1.807) is 0 Å². The summed E-state index contributed by atoms with van der Waals surface area (Å²) >= 11 is 0. The third kappa shape index (κ3) is 3.51. The van der Waals surface area contributed by atoms with E-state index >= 15 is 0 Å². The van der Waals surface area contributed by atoms with Crippen molar-refractivity contribution in [2.45, 2.75) is 13.8 Å². The monoisotopic (exact) mass is 256 g/mol. The number of benzene rings is 1. The van der Waals surface area contributed by atoms with Gasteiger partial charge >= 0.3 is 0 Å². The minimum absolute atomic E-state index is 0.808. The zero-order valence-electron chi connectivity index (χ0n) is 11.7. The molecule has 19 heavy (non-hydrogen) atoms. The Hall–Kier alpha value is -1.94. The van der Waals surface area contributed by atoms with Gasteiger partial charge in [0.15, 0.2) is 0 Å². The Kier molecular flexibility index (Phi) is 4.47. The molecule has 0 unspecified atom stereocenters. The number of nitrogens with one attached hydrogen (secondary N) is 2. The molecule has 0 saturated carbocycles. The van der Waals surface area contributed by atoms with Crippen molar-refractivity contribution in [3.8, 4) is 11.3 Å². The molecule has 2 aromatic rings. The fourth-order valence-electron chi connectivity index (χ4n) is 1.80. The highest BCUT2D eigenvalue weighted by Gasteiger charge is 2.02. The predicted octanol–water partition coefficient (Wildman–Crippen LogP) is 2.39. The molecule has 0 atom stereocenters. The second-order valence-corrected chi connectivity index (χ2v) is 4.63. The Morgan fingerprint density at radius 1 is 0.947 bits per heavy atom. The van der Waals surface area contributed by atoms with Gasteiger partial charge in [0.2, 0.25) is 0 Å². The maximum Gasteiger partial charge on any atom is 0.148 e. The predicted molar refractivity (Wildman–Crippen MR) is 79.4 cm³/mol. The van der Waals surface area contributed by atoms with Crippen molar-refractivity contribution in [2.75, 3.05) is 25.5 Å². The van der Waals surface area contributed by atoms with Crippen molar-refractivity contribution >= 4 is 5.82 Å². The summed E-state index contributed by atoms with van der Waals surface area (Å²) in [6, 6.07) is 10.3. The van der Waals surface area contributed by atoms with Gasteiger partial charge in [0.1, 0.15) is 5.82 Å². The molecule has 0 aliphatic heterocycles. The van der Waals surface area contributed by atoms with Crippen molar-refractivity contribution in [3.63, 3.8) is 0 Å². The SMILES string of the molecule is CNCCNc1ccc(-c2ccc(C)c(C)c2)nn1. The first kappa shape index (κ1) is 13.5. The highest BCUT2D eigenvalue weighted by atomic mass is 15.2. The van der Waals surface area contributed by atoms with Crippen molar-refractivity contribution in [1.29, 1.82) is 0 Å². The average Bonchev–Trinajstić information content (AvgIpc) is 2.43. The van der Waals surface area contributed by atoms with Crippen LogP contribution in [0.3, 0.4) is 0 Å². The number of rotatable bonds is 5. The second kappa shape index (κ2) is 6.29. The largest absolute Gasteiger partial charge is 0.367 e. The fraction of sp³-hybridized carbons (Fsp3) is 0.333. The van der Waals surface area contributed by atoms with Gasteiger partial charge in [0, 0.05) is 18.7 Å². The first-order valence-electron chi connectivity index (χ1n) is 6.50. The van der Waals surface area contributed by atoms with Crippen LogP contribution in [0.4, 0.5) is 5.82 Å². The van der Waals surface area contributed by atoms with Crippen LogP contribution in [0.15, 0.2) is 30.3 Å². The summed E-state index contributed by atoms with van der Waals surface area (Å²) in [6.45, 7) is 5.97. The summed E-state index contributed by atoms with van der Waals surface area (Å²) in [7, 11) is 1.93. The first-order valence-corrected chi connectivity index (χ1v) is 6.50. The van der Waals surface area contributed by atoms with Crippen LogP contribution in [-0.4, -0.2) is 30.3 Å². The van der Waals surface area contributed by atoms with Gasteiger partial charge in [-0.3, -0.25) is 0 Å². The number of hydrogen-bond donors (Lipinski definition) is 2. The second-order valence-electron chi connectivity index (χ2n) is 4.63. The van der Waals surface area contributed by atoms with E-state index in [1.165, 1.54) is 11.1 Å². The quantitative estimate of drug-likeness (QED) is 0.807. The van der Waals surface area contributed by atoms with Gasteiger partial charge in [0.25, 0.3) is 0 Å². The lowest BCUT2D eigenvalue weighted by Crippen LogP contribution is -2.18. The number of nitrogens with zero attached hydrogens (tertiary/aromatic N) is 2. The summed E-state index contributed by atoms with van der Waals surface area (Å²) in [4.78, 5) is 0. The molecule has 100 valence electrons. The Bertz CT molecular complexity index is 534. The number of hydrogen-bond acceptors (Lipinski definition) is 4. The molecule has 1 aromatic heterocycles. The van der Waals surface area contributed by atoms with Gasteiger partial charge in [-0.15, -0.1) is 10.2 Å². The molecule has 4 heteroatoms. The minimum atomic E-state index is 0.808. The zero-order valence-corrected chi connectivity index (χ0v) is 11.7. The van der Waals surface area contributed by atoms with Crippen LogP contribution in [0.2, 0.25) is 0 Å². The van der Waals surface area contributed by atoms with E-state index in [0.717, 1.165) is 30.2 Å². The lowest BCUT2D eigenvalue weighted by atomic mass is 10.0. The van der Waals surface area contributed by atoms with Crippen molar-refractivity contribution in [3.05, 3.63) is 41.5 Å². The molecule has 1 aromatic carbocycles. The van der Waals surface area contributed by atoms with Gasteiger partial charge < -0.3 is 10.6 Å². The zero-order chi connectivity index (χ0) is 13.7. The molecule has 0 amide bonds. The van der Waals surface area contributed by atoms with Gasteiger partial charge in [-0.2, -0.15) is 0 Å². The van der Waals surface area contributed by atoms with Gasteiger partial charge in [-0.1, -0.05) is 12.1 Å². The molecule has 1 heterocycles. The Balaban J connectivity index is 2.11. The lowest BCUT2D eigenvalue weighted by Gasteiger charge is -2.06. The standard InChI is InChI=1S/C15H20N4/c1-11-4-5-13(10-12(11)2)14-6-7-15(19-18-14)17-9-8-16-3/h4-7,10,16H,8-9H2,1-3H3,(H,17,19). The summed E-state index contributed by atoms with van der Waals surface area (Å²) < 4.78 is 0. The van der Waals surface area contributed by atoms with E-state index in [2.05, 4.69) is 52.9 Å². The third-order valence-electron chi connectivity index (χ3n) is 3.15. The smallest absolute Gasteiger partial charge is 0.148 e. The van der Waals surface area contributed by atoms with Crippen molar-refractivity contribution in [2.24, 2.45) is 0 Å². The molecular formula is C15H20N4. The van der Waals surface area contributed by atoms with E-state index in [0.29, 0.717) is 0 Å². The molecule has 0 saturated heterocycles. The summed E-state index contributed by atoms with van der Waals surface area (Å²) in [5, 5.41) is 14.7. The minimum Gasteiger partial charge on any atom is -0.367 e. The summed E-state index contributed by atoms with van der Waals surface area (Å²) in [5.74, 6) is 0.808. The van der Waals surface area contributed by atoms with E-state index in [-0.39, 0.29) is 0 Å². The molecular weight excluding hydrogens is 236 g/mol. The molecule has 0 aliphatic rings. The summed E-state index contributed by atoms with van der Waals surface area (Å²) in [6.07, 6.45) is 0. The molecule has 0 bridgehead atoms. The van der Waals surface area contributed by atoms with Crippen molar-refractivity contribution < 1.29 is 0 Å². The van der Waals surface area contributed by atoms with Crippen LogP contribution in [0.1, 0.15) is 11.1 Å². The van der Waals surface area contributed by atoms with E-state index in [4.69, 9.17) is 0 Å². The number of likely N-dealkylation sites (N-methyl/N-ethyl adjacent to an activating group) is 1. The van der Waals surface area contributed by atoms with E-state index in [9.17, 15) is 0 Å². The van der Waals surface area contributed by atoms with Gasteiger partial charge in [0.05, 0.1) is 5.69 Å². The molecule has 0 spiro atoms. The van der Waals surface area contributed by atoms with Crippen LogP contribution in [-0.2, 0) is 0 Å². The van der Waals surface area contributed by atoms with Gasteiger partial charge in [-0.25, -0.2) is 0 Å². The van der Waals surface area contributed by atoms with Crippen LogP contribution in [0, 0.1) is 13.8 Å². The highest BCUT2D eigenvalue weighted by molar-refractivity contribution is 5.61. The molecule has 4 nitrogen and oxygen atoms in total. The molecule has 2 N–H and O–H groups in total. The maximum absolute atomic E-state index is 4.27. The number of aryl methyl sites for hydroxylation is 2. The number of anilines is 1. The Morgan fingerprint density at radius 3 is 2.42 bits per heavy atom. The van der Waals surface area contributed by atoms with Crippen LogP contribution < -0.4 is 10.6 Å². The molecule has 0 fully saturated rings. The first-order chi connectivity index (χ1) is 9.20. The van der Waals surface area contributed by atoms with Crippen LogP contribution in [0.25, 0.3) is 11.3 Å². The molecule has 0 aliphatic carbocycles. The third-order valence-corrected chi connectivity index (χ3v) is 3.15. The molecule has 0 radical (unpaired) electrons. The van der Waals surface area contributed by atoms with Crippen LogP contribution in [0.5, 0.6) is 0 Å². The topological polar surface area (TPSA) is 49.8 Å². The summed E-state index contributed by atoms with van der Waals surface area (Å²) in [5.41, 5.74) is 4.58. The highest BCUT2D eigenvalue weighted by Crippen LogP contribution is 2.20.